The Bertz CT molecular complexity index is 567. The van der Waals surface area contributed by atoms with Crippen LogP contribution in [-0.2, 0) is 6.54 Å². The summed E-state index contributed by atoms with van der Waals surface area (Å²) in [6.45, 7) is 10.1. The lowest BCUT2D eigenvalue weighted by Gasteiger charge is -2.31. The molecule has 23 heavy (non-hydrogen) atoms. The largest absolute Gasteiger partial charge is 0.472 e. The summed E-state index contributed by atoms with van der Waals surface area (Å²) in [5.41, 5.74) is 2.74. The van der Waals surface area contributed by atoms with E-state index in [2.05, 4.69) is 60.0 Å². The van der Waals surface area contributed by atoms with Crippen LogP contribution in [0.4, 0.5) is 0 Å². The third-order valence-corrected chi connectivity index (χ3v) is 4.97. The molecule has 0 aliphatic carbocycles. The topological polar surface area (TPSA) is 19.6 Å². The van der Waals surface area contributed by atoms with Crippen molar-refractivity contribution in [1.82, 2.24) is 9.80 Å². The van der Waals surface area contributed by atoms with Gasteiger partial charge < -0.3 is 9.32 Å². The summed E-state index contributed by atoms with van der Waals surface area (Å²) in [7, 11) is 0. The van der Waals surface area contributed by atoms with Crippen LogP contribution in [0.1, 0.15) is 37.3 Å². The lowest BCUT2D eigenvalue weighted by molar-refractivity contribution is 0.184. The average Bonchev–Trinajstić information content (AvgIpc) is 3.23. The number of likely N-dealkylation sites (tertiary alicyclic amines) is 1. The van der Waals surface area contributed by atoms with Gasteiger partial charge in [-0.15, -0.1) is 0 Å². The van der Waals surface area contributed by atoms with Gasteiger partial charge >= 0.3 is 0 Å². The van der Waals surface area contributed by atoms with E-state index in [0.29, 0.717) is 12.0 Å². The first-order valence-electron chi connectivity index (χ1n) is 8.84. The normalized spacial score (nSPS) is 22.0. The van der Waals surface area contributed by atoms with E-state index < -0.39 is 0 Å². The van der Waals surface area contributed by atoms with E-state index in [4.69, 9.17) is 4.42 Å². The Morgan fingerprint density at radius 1 is 1.13 bits per heavy atom. The van der Waals surface area contributed by atoms with Crippen LogP contribution in [0.3, 0.4) is 0 Å². The van der Waals surface area contributed by atoms with Gasteiger partial charge in [0, 0.05) is 37.2 Å². The minimum absolute atomic E-state index is 0.573. The van der Waals surface area contributed by atoms with Gasteiger partial charge in [-0.05, 0) is 31.1 Å². The van der Waals surface area contributed by atoms with Gasteiger partial charge in [0.05, 0.1) is 12.5 Å². The number of benzene rings is 1. The summed E-state index contributed by atoms with van der Waals surface area (Å²) in [5.74, 6) is 0.592. The first-order valence-corrected chi connectivity index (χ1v) is 8.84. The van der Waals surface area contributed by atoms with Crippen molar-refractivity contribution < 1.29 is 4.42 Å². The Hall–Kier alpha value is -1.58. The summed E-state index contributed by atoms with van der Waals surface area (Å²) in [4.78, 5) is 5.23. The lowest BCUT2D eigenvalue weighted by Crippen LogP contribution is -2.39. The maximum absolute atomic E-state index is 5.26. The van der Waals surface area contributed by atoms with E-state index in [-0.39, 0.29) is 0 Å². The van der Waals surface area contributed by atoms with E-state index >= 15 is 0 Å². The molecule has 1 aromatic heterocycles. The van der Waals surface area contributed by atoms with Gasteiger partial charge in [-0.1, -0.05) is 44.2 Å². The Balaban J connectivity index is 1.80. The number of rotatable bonds is 7. The highest BCUT2D eigenvalue weighted by Gasteiger charge is 2.36. The zero-order valence-corrected chi connectivity index (χ0v) is 14.3. The Kier molecular flexibility index (Phi) is 5.52. The molecule has 1 aliphatic rings. The van der Waals surface area contributed by atoms with E-state index in [0.717, 1.165) is 13.1 Å². The van der Waals surface area contributed by atoms with Gasteiger partial charge in [0.25, 0.3) is 0 Å². The molecule has 0 bridgehead atoms. The third kappa shape index (κ3) is 3.85. The maximum atomic E-state index is 5.26. The van der Waals surface area contributed by atoms with Crippen molar-refractivity contribution in [3.63, 3.8) is 0 Å². The number of hydrogen-bond acceptors (Lipinski definition) is 3. The second kappa shape index (κ2) is 7.80. The maximum Gasteiger partial charge on any atom is 0.0947 e. The fraction of sp³-hybridized carbons (Fsp3) is 0.500. The van der Waals surface area contributed by atoms with Gasteiger partial charge in [-0.3, -0.25) is 4.90 Å². The second-order valence-electron chi connectivity index (χ2n) is 6.54. The summed E-state index contributed by atoms with van der Waals surface area (Å²) in [6, 6.07) is 13.7. The fourth-order valence-corrected chi connectivity index (χ4v) is 3.84. The average molecular weight is 312 g/mol. The van der Waals surface area contributed by atoms with Crippen LogP contribution in [0.15, 0.2) is 53.3 Å². The Labute approximate surface area is 139 Å². The van der Waals surface area contributed by atoms with Crippen LogP contribution in [0.2, 0.25) is 0 Å². The van der Waals surface area contributed by atoms with Gasteiger partial charge in [-0.2, -0.15) is 0 Å². The van der Waals surface area contributed by atoms with Gasteiger partial charge in [0.15, 0.2) is 0 Å². The quantitative estimate of drug-likeness (QED) is 0.771. The minimum atomic E-state index is 0.573. The van der Waals surface area contributed by atoms with Crippen molar-refractivity contribution >= 4 is 0 Å². The number of furan rings is 1. The number of nitrogens with zero attached hydrogens (tertiary/aromatic N) is 2. The summed E-state index contributed by atoms with van der Waals surface area (Å²) < 4.78 is 5.26. The SMILES string of the molecule is CCCN1CC(c2ccccc2)[C@@H](N(CC)Cc2ccoc2)C1. The predicted octanol–water partition coefficient (Wildman–Crippen LogP) is 3.98. The molecule has 1 unspecified atom stereocenters. The molecule has 3 heteroatoms. The second-order valence-corrected chi connectivity index (χ2v) is 6.54. The van der Waals surface area contributed by atoms with Crippen LogP contribution in [0.25, 0.3) is 0 Å². The van der Waals surface area contributed by atoms with Crippen molar-refractivity contribution in [3.05, 3.63) is 60.1 Å². The Morgan fingerprint density at radius 3 is 2.61 bits per heavy atom. The van der Waals surface area contributed by atoms with Gasteiger partial charge in [-0.25, -0.2) is 0 Å². The van der Waals surface area contributed by atoms with Crippen molar-refractivity contribution in [3.8, 4) is 0 Å². The number of likely N-dealkylation sites (N-methyl/N-ethyl adjacent to an activating group) is 1. The summed E-state index contributed by atoms with van der Waals surface area (Å²) >= 11 is 0. The molecule has 3 rings (SSSR count). The van der Waals surface area contributed by atoms with Crippen LogP contribution in [-0.4, -0.2) is 42.0 Å². The van der Waals surface area contributed by atoms with Crippen LogP contribution in [0.5, 0.6) is 0 Å². The molecule has 3 nitrogen and oxygen atoms in total. The first-order chi connectivity index (χ1) is 11.3. The molecule has 0 spiro atoms. The number of hydrogen-bond donors (Lipinski definition) is 0. The lowest BCUT2D eigenvalue weighted by atomic mass is 9.93. The molecule has 1 aliphatic heterocycles. The molecule has 2 heterocycles. The Morgan fingerprint density at radius 2 is 1.96 bits per heavy atom. The molecule has 0 saturated carbocycles. The van der Waals surface area contributed by atoms with Gasteiger partial charge in [0.2, 0.25) is 0 Å². The van der Waals surface area contributed by atoms with Crippen LogP contribution in [0, 0.1) is 0 Å². The highest BCUT2D eigenvalue weighted by molar-refractivity contribution is 5.24. The molecule has 124 valence electrons. The molecule has 1 fully saturated rings. The standard InChI is InChI=1S/C20H28N2O/c1-3-11-21-14-19(18-8-6-5-7-9-18)20(15-21)22(4-2)13-17-10-12-23-16-17/h5-10,12,16,19-20H,3-4,11,13-15H2,1-2H3/t19?,20-/m0/s1. The third-order valence-electron chi connectivity index (χ3n) is 4.97. The van der Waals surface area contributed by atoms with E-state index in [1.807, 2.05) is 6.26 Å². The highest BCUT2D eigenvalue weighted by Crippen LogP contribution is 2.32. The first kappa shape index (κ1) is 16.3. The zero-order chi connectivity index (χ0) is 16.1. The highest BCUT2D eigenvalue weighted by atomic mass is 16.3. The van der Waals surface area contributed by atoms with Crippen molar-refractivity contribution in [2.75, 3.05) is 26.2 Å². The minimum Gasteiger partial charge on any atom is -0.472 e. The van der Waals surface area contributed by atoms with Crippen molar-refractivity contribution in [1.29, 1.82) is 0 Å². The molecule has 1 aromatic carbocycles. The van der Waals surface area contributed by atoms with E-state index in [1.54, 1.807) is 6.26 Å². The van der Waals surface area contributed by atoms with E-state index in [9.17, 15) is 0 Å². The van der Waals surface area contributed by atoms with Gasteiger partial charge in [0.1, 0.15) is 0 Å². The van der Waals surface area contributed by atoms with Crippen LogP contribution < -0.4 is 0 Å². The molecular formula is C20H28N2O. The van der Waals surface area contributed by atoms with Crippen molar-refractivity contribution in [2.24, 2.45) is 0 Å². The summed E-state index contributed by atoms with van der Waals surface area (Å²) in [6.07, 6.45) is 4.87. The fourth-order valence-electron chi connectivity index (χ4n) is 3.84. The predicted molar refractivity (Wildman–Crippen MR) is 94.5 cm³/mol. The van der Waals surface area contributed by atoms with E-state index in [1.165, 1.54) is 37.2 Å². The molecule has 0 amide bonds. The molecule has 2 aromatic rings. The molecule has 0 N–H and O–H groups in total. The molecular weight excluding hydrogens is 284 g/mol. The monoisotopic (exact) mass is 312 g/mol. The van der Waals surface area contributed by atoms with Crippen molar-refractivity contribution in [2.45, 2.75) is 38.8 Å². The summed E-state index contributed by atoms with van der Waals surface area (Å²) in [5, 5.41) is 0. The molecule has 0 radical (unpaired) electrons. The zero-order valence-electron chi connectivity index (χ0n) is 14.3. The smallest absolute Gasteiger partial charge is 0.0947 e. The van der Waals surface area contributed by atoms with Crippen LogP contribution >= 0.6 is 0 Å². The molecule has 2 atom stereocenters. The molecule has 1 saturated heterocycles.